The summed E-state index contributed by atoms with van der Waals surface area (Å²) >= 11 is 6.63. The molecular formula is C41H38ClF3N2O5. The van der Waals surface area contributed by atoms with Crippen LogP contribution in [-0.2, 0) is 30.4 Å². The lowest BCUT2D eigenvalue weighted by molar-refractivity contribution is -0.137. The molecule has 0 saturated heterocycles. The van der Waals surface area contributed by atoms with Gasteiger partial charge in [0.1, 0.15) is 18.1 Å². The summed E-state index contributed by atoms with van der Waals surface area (Å²) in [4.78, 5) is 30.1. The lowest BCUT2D eigenvalue weighted by Crippen LogP contribution is -2.49. The number of carboxylic acids is 2. The summed E-state index contributed by atoms with van der Waals surface area (Å²) in [5.74, 6) is -1.20. The van der Waals surface area contributed by atoms with Crippen LogP contribution < -0.4 is 4.74 Å². The summed E-state index contributed by atoms with van der Waals surface area (Å²) in [6, 6.07) is 25.1. The number of rotatable bonds is 13. The van der Waals surface area contributed by atoms with Crippen molar-refractivity contribution in [1.29, 1.82) is 0 Å². The SMILES string of the molecule is O=C(O)C1=NC2CCCC(N(CCc3ccc(C(=O)O)cc3)CCc3ccccc3OCc3ccc(-c4ccc(C(F)(F)F)cc4)cc3Cl)C2C=C1. The van der Waals surface area contributed by atoms with Crippen LogP contribution in [0.1, 0.15) is 51.9 Å². The number of dihydropyridines is 1. The third-order valence-corrected chi connectivity index (χ3v) is 10.2. The van der Waals surface area contributed by atoms with Gasteiger partial charge < -0.3 is 14.9 Å². The molecule has 0 radical (unpaired) electrons. The second kappa shape index (κ2) is 16.2. The number of carbonyl (C=O) groups is 2. The minimum Gasteiger partial charge on any atom is -0.489 e. The minimum atomic E-state index is -4.40. The van der Waals surface area contributed by atoms with E-state index in [1.54, 1.807) is 24.3 Å². The number of hydrogen-bond donors (Lipinski definition) is 2. The van der Waals surface area contributed by atoms with Gasteiger partial charge in [0.05, 0.1) is 17.2 Å². The topological polar surface area (TPSA) is 99.4 Å². The average Bonchev–Trinajstić information content (AvgIpc) is 3.14. The van der Waals surface area contributed by atoms with Gasteiger partial charge >= 0.3 is 18.1 Å². The van der Waals surface area contributed by atoms with Crippen molar-refractivity contribution >= 4 is 29.3 Å². The Bertz CT molecular complexity index is 1960. The smallest absolute Gasteiger partial charge is 0.416 e. The van der Waals surface area contributed by atoms with Crippen LogP contribution in [0.25, 0.3) is 11.1 Å². The molecule has 1 aliphatic heterocycles. The Hall–Kier alpha value is -4.93. The molecular weight excluding hydrogens is 693 g/mol. The molecule has 1 aliphatic carbocycles. The molecule has 6 rings (SSSR count). The van der Waals surface area contributed by atoms with Gasteiger partial charge in [-0.15, -0.1) is 0 Å². The Morgan fingerprint density at radius 1 is 0.846 bits per heavy atom. The zero-order valence-electron chi connectivity index (χ0n) is 28.2. The molecule has 2 N–H and O–H groups in total. The van der Waals surface area contributed by atoms with E-state index in [1.807, 2.05) is 54.6 Å². The van der Waals surface area contributed by atoms with Gasteiger partial charge in [0.15, 0.2) is 0 Å². The molecule has 1 heterocycles. The third-order valence-electron chi connectivity index (χ3n) is 9.87. The molecule has 4 aromatic rings. The zero-order valence-corrected chi connectivity index (χ0v) is 29.0. The van der Waals surface area contributed by atoms with E-state index in [1.165, 1.54) is 12.1 Å². The van der Waals surface area contributed by atoms with Crippen molar-refractivity contribution < 1.29 is 37.7 Å². The first-order chi connectivity index (χ1) is 25.0. The van der Waals surface area contributed by atoms with E-state index < -0.39 is 23.7 Å². The minimum absolute atomic E-state index is 0.0745. The quantitative estimate of drug-likeness (QED) is 0.143. The summed E-state index contributed by atoms with van der Waals surface area (Å²) < 4.78 is 45.3. The van der Waals surface area contributed by atoms with E-state index in [0.717, 1.165) is 48.1 Å². The van der Waals surface area contributed by atoms with Crippen molar-refractivity contribution in [3.05, 3.63) is 136 Å². The first kappa shape index (κ1) is 36.8. The van der Waals surface area contributed by atoms with Gasteiger partial charge in [-0.2, -0.15) is 13.2 Å². The molecule has 52 heavy (non-hydrogen) atoms. The average molecular weight is 731 g/mol. The highest BCUT2D eigenvalue weighted by molar-refractivity contribution is 6.40. The molecule has 11 heteroatoms. The Labute approximate surface area is 305 Å². The molecule has 0 aromatic heterocycles. The number of ether oxygens (including phenoxy) is 1. The Morgan fingerprint density at radius 2 is 1.56 bits per heavy atom. The Kier molecular flexibility index (Phi) is 11.5. The number of para-hydroxylation sites is 1. The van der Waals surface area contributed by atoms with Crippen LogP contribution in [0.15, 0.2) is 108 Å². The van der Waals surface area contributed by atoms with Crippen molar-refractivity contribution in [2.24, 2.45) is 10.9 Å². The molecule has 1 fully saturated rings. The second-order valence-corrected chi connectivity index (χ2v) is 13.5. The largest absolute Gasteiger partial charge is 0.489 e. The molecule has 0 amide bonds. The van der Waals surface area contributed by atoms with Crippen LogP contribution in [0, 0.1) is 5.92 Å². The van der Waals surface area contributed by atoms with Crippen molar-refractivity contribution in [2.45, 2.75) is 57.0 Å². The maximum absolute atomic E-state index is 13.0. The number of halogens is 4. The summed E-state index contributed by atoms with van der Waals surface area (Å²) in [6.45, 7) is 1.61. The highest BCUT2D eigenvalue weighted by Gasteiger charge is 2.37. The second-order valence-electron chi connectivity index (χ2n) is 13.1. The molecule has 0 bridgehead atoms. The fourth-order valence-corrected chi connectivity index (χ4v) is 7.29. The zero-order chi connectivity index (χ0) is 36.8. The van der Waals surface area contributed by atoms with E-state index in [0.29, 0.717) is 47.8 Å². The number of benzene rings is 4. The molecule has 3 unspecified atom stereocenters. The van der Waals surface area contributed by atoms with Gasteiger partial charge in [-0.25, -0.2) is 9.59 Å². The van der Waals surface area contributed by atoms with Crippen LogP contribution in [0.3, 0.4) is 0 Å². The highest BCUT2D eigenvalue weighted by atomic mass is 35.5. The summed E-state index contributed by atoms with van der Waals surface area (Å²) in [5, 5.41) is 19.3. The fourth-order valence-electron chi connectivity index (χ4n) is 7.06. The maximum Gasteiger partial charge on any atom is 0.416 e. The van der Waals surface area contributed by atoms with E-state index in [-0.39, 0.29) is 35.9 Å². The normalized spacial score (nSPS) is 18.5. The molecule has 4 aromatic carbocycles. The van der Waals surface area contributed by atoms with E-state index in [2.05, 4.69) is 9.89 Å². The summed E-state index contributed by atoms with van der Waals surface area (Å²) in [7, 11) is 0. The number of aromatic carboxylic acids is 1. The van der Waals surface area contributed by atoms with E-state index >= 15 is 0 Å². The lowest BCUT2D eigenvalue weighted by atomic mass is 9.78. The van der Waals surface area contributed by atoms with Crippen molar-refractivity contribution in [2.75, 3.05) is 13.1 Å². The Balaban J connectivity index is 1.15. The first-order valence-corrected chi connectivity index (χ1v) is 17.6. The van der Waals surface area contributed by atoms with Crippen LogP contribution in [0.4, 0.5) is 13.2 Å². The van der Waals surface area contributed by atoms with Crippen LogP contribution in [0.5, 0.6) is 5.75 Å². The molecule has 0 spiro atoms. The van der Waals surface area contributed by atoms with Gasteiger partial charge in [0.2, 0.25) is 0 Å². The number of aliphatic imine (C=N–C) groups is 1. The number of nitrogens with zero attached hydrogens (tertiary/aromatic N) is 2. The van der Waals surface area contributed by atoms with Crippen molar-refractivity contribution in [1.82, 2.24) is 4.90 Å². The number of aliphatic carboxylic acids is 1. The number of hydrogen-bond acceptors (Lipinski definition) is 5. The predicted molar refractivity (Wildman–Crippen MR) is 194 cm³/mol. The van der Waals surface area contributed by atoms with Crippen LogP contribution >= 0.6 is 11.6 Å². The number of carboxylic acid groups (broad SMARTS) is 2. The maximum atomic E-state index is 13.0. The molecule has 3 atom stereocenters. The molecule has 270 valence electrons. The molecule has 2 aliphatic rings. The third kappa shape index (κ3) is 8.92. The predicted octanol–water partition coefficient (Wildman–Crippen LogP) is 9.02. The van der Waals surface area contributed by atoms with Gasteiger partial charge in [-0.1, -0.05) is 72.3 Å². The number of fused-ring (bicyclic) bond motifs is 1. The Morgan fingerprint density at radius 3 is 2.25 bits per heavy atom. The van der Waals surface area contributed by atoms with Crippen LogP contribution in [0.2, 0.25) is 5.02 Å². The van der Waals surface area contributed by atoms with Gasteiger partial charge in [0, 0.05) is 35.6 Å². The summed E-state index contributed by atoms with van der Waals surface area (Å²) in [5.41, 5.74) is 3.71. The van der Waals surface area contributed by atoms with E-state index in [9.17, 15) is 33.0 Å². The van der Waals surface area contributed by atoms with Gasteiger partial charge in [-0.3, -0.25) is 9.89 Å². The molecule has 1 saturated carbocycles. The molecule has 7 nitrogen and oxygen atoms in total. The van der Waals surface area contributed by atoms with Crippen molar-refractivity contribution in [3.8, 4) is 16.9 Å². The number of alkyl halides is 3. The van der Waals surface area contributed by atoms with Crippen molar-refractivity contribution in [3.63, 3.8) is 0 Å². The van der Waals surface area contributed by atoms with Gasteiger partial charge in [0.25, 0.3) is 0 Å². The monoisotopic (exact) mass is 730 g/mol. The highest BCUT2D eigenvalue weighted by Crippen LogP contribution is 2.36. The standard InChI is InChI=1S/C41H38ClF3N2O5/c42-34-24-30(27-14-16-32(17-15-27)41(43,44)45)12-13-31(34)25-52-38-7-2-1-4-28(38)21-23-47(22-20-26-8-10-29(11-9-26)39(48)49)37-6-3-5-35-33(37)18-19-36(46-35)40(50)51/h1-2,4,7-19,24,33,35,37H,3,5-6,20-23,25H2,(H,48,49)(H,50,51). The van der Waals surface area contributed by atoms with E-state index in [4.69, 9.17) is 16.3 Å². The van der Waals surface area contributed by atoms with Crippen LogP contribution in [-0.4, -0.2) is 57.9 Å². The summed E-state index contributed by atoms with van der Waals surface area (Å²) in [6.07, 6.45) is 3.31. The fraction of sp³-hybridized carbons (Fsp3) is 0.293. The lowest BCUT2D eigenvalue weighted by Gasteiger charge is -2.43. The first-order valence-electron chi connectivity index (χ1n) is 17.2. The van der Waals surface area contributed by atoms with Gasteiger partial charge in [-0.05, 0) is 96.8 Å².